The van der Waals surface area contributed by atoms with Crippen LogP contribution in [0.2, 0.25) is 0 Å². The van der Waals surface area contributed by atoms with Crippen LogP contribution in [0.15, 0.2) is 36.4 Å². The maximum atomic E-state index is 13.1. The maximum Gasteiger partial charge on any atom is 0.123 e. The second kappa shape index (κ2) is 4.26. The number of benzene rings is 1. The number of hydrogen-bond acceptors (Lipinski definition) is 1. The molecule has 3 unspecified atom stereocenters. The van der Waals surface area contributed by atoms with E-state index in [1.165, 1.54) is 18.9 Å². The average molecular weight is 231 g/mol. The summed E-state index contributed by atoms with van der Waals surface area (Å²) in [5.74, 6) is 1.43. The molecule has 0 aliphatic heterocycles. The fourth-order valence-electron chi connectivity index (χ4n) is 3.10. The first-order chi connectivity index (χ1) is 8.24. The molecule has 0 spiro atoms. The Kier molecular flexibility index (Phi) is 2.75. The van der Waals surface area contributed by atoms with Crippen molar-refractivity contribution in [2.45, 2.75) is 31.8 Å². The number of rotatable bonds is 3. The van der Waals surface area contributed by atoms with E-state index in [9.17, 15) is 4.39 Å². The molecule has 2 aliphatic rings. The molecule has 17 heavy (non-hydrogen) atoms. The van der Waals surface area contributed by atoms with Crippen molar-refractivity contribution in [3.05, 3.63) is 47.8 Å². The van der Waals surface area contributed by atoms with E-state index in [0.717, 1.165) is 11.5 Å². The summed E-state index contributed by atoms with van der Waals surface area (Å²) in [6.45, 7) is 2.11. The smallest absolute Gasteiger partial charge is 0.123 e. The van der Waals surface area contributed by atoms with Gasteiger partial charge in [0.2, 0.25) is 0 Å². The summed E-state index contributed by atoms with van der Waals surface area (Å²) in [5.41, 5.74) is 1.04. The van der Waals surface area contributed by atoms with E-state index in [2.05, 4.69) is 24.4 Å². The molecule has 1 fully saturated rings. The number of hydrogen-bond donors (Lipinski definition) is 1. The van der Waals surface area contributed by atoms with Crippen LogP contribution in [0.3, 0.4) is 0 Å². The third-order valence-corrected chi connectivity index (χ3v) is 4.18. The van der Waals surface area contributed by atoms with Gasteiger partial charge in [-0.3, -0.25) is 0 Å². The van der Waals surface area contributed by atoms with Crippen LogP contribution < -0.4 is 5.32 Å². The normalized spacial score (nSPS) is 32.0. The minimum absolute atomic E-state index is 0.150. The highest BCUT2D eigenvalue weighted by Crippen LogP contribution is 2.43. The molecule has 0 heterocycles. The molecule has 3 rings (SSSR count). The van der Waals surface area contributed by atoms with Crippen LogP contribution in [-0.4, -0.2) is 6.04 Å². The van der Waals surface area contributed by atoms with Crippen molar-refractivity contribution in [3.63, 3.8) is 0 Å². The molecule has 2 aliphatic carbocycles. The van der Waals surface area contributed by atoms with E-state index in [1.807, 2.05) is 6.07 Å². The Balaban J connectivity index is 1.64. The third kappa shape index (κ3) is 2.02. The molecule has 90 valence electrons. The molecule has 0 saturated heterocycles. The van der Waals surface area contributed by atoms with Crippen LogP contribution in [-0.2, 0) is 0 Å². The zero-order valence-corrected chi connectivity index (χ0v) is 10.1. The third-order valence-electron chi connectivity index (χ3n) is 4.18. The Morgan fingerprint density at radius 1 is 1.41 bits per heavy atom. The molecule has 2 heteroatoms. The number of fused-ring (bicyclic) bond motifs is 1. The summed E-state index contributed by atoms with van der Waals surface area (Å²) in [6, 6.07) is 7.69. The zero-order chi connectivity index (χ0) is 11.8. The molecule has 0 aromatic heterocycles. The van der Waals surface area contributed by atoms with Gasteiger partial charge < -0.3 is 5.32 Å². The zero-order valence-electron chi connectivity index (χ0n) is 10.1. The van der Waals surface area contributed by atoms with Gasteiger partial charge in [-0.2, -0.15) is 0 Å². The summed E-state index contributed by atoms with van der Waals surface area (Å²) >= 11 is 0. The predicted octanol–water partition coefficient (Wildman–Crippen LogP) is 3.44. The summed E-state index contributed by atoms with van der Waals surface area (Å²) in [7, 11) is 0. The van der Waals surface area contributed by atoms with Gasteiger partial charge in [0.25, 0.3) is 0 Å². The lowest BCUT2D eigenvalue weighted by molar-refractivity contribution is 0.152. The van der Waals surface area contributed by atoms with Gasteiger partial charge in [0.1, 0.15) is 5.82 Å². The maximum absolute atomic E-state index is 13.1. The highest BCUT2D eigenvalue weighted by molar-refractivity contribution is 5.21. The van der Waals surface area contributed by atoms with E-state index < -0.39 is 0 Å². The quantitative estimate of drug-likeness (QED) is 0.786. The lowest BCUT2D eigenvalue weighted by atomic mass is 9.71. The Morgan fingerprint density at radius 2 is 2.29 bits per heavy atom. The van der Waals surface area contributed by atoms with Crippen molar-refractivity contribution in [2.75, 3.05) is 0 Å². The van der Waals surface area contributed by atoms with Gasteiger partial charge in [0.15, 0.2) is 0 Å². The first-order valence-corrected chi connectivity index (χ1v) is 6.42. The molecule has 1 aromatic rings. The Bertz CT molecular complexity index is 440. The van der Waals surface area contributed by atoms with Crippen molar-refractivity contribution in [1.82, 2.24) is 5.32 Å². The molecule has 1 aromatic carbocycles. The molecular weight excluding hydrogens is 213 g/mol. The van der Waals surface area contributed by atoms with Gasteiger partial charge in [-0.15, -0.1) is 0 Å². The predicted molar refractivity (Wildman–Crippen MR) is 67.1 cm³/mol. The first kappa shape index (κ1) is 11.0. The van der Waals surface area contributed by atoms with Crippen molar-refractivity contribution < 1.29 is 4.39 Å². The first-order valence-electron chi connectivity index (χ1n) is 6.42. The largest absolute Gasteiger partial charge is 0.307 e. The van der Waals surface area contributed by atoms with Gasteiger partial charge in [-0.1, -0.05) is 24.3 Å². The van der Waals surface area contributed by atoms with E-state index in [0.29, 0.717) is 12.0 Å². The summed E-state index contributed by atoms with van der Waals surface area (Å²) in [4.78, 5) is 0. The molecular formula is C15H18FN. The average Bonchev–Trinajstić information content (AvgIpc) is 2.67. The summed E-state index contributed by atoms with van der Waals surface area (Å²) in [5, 5.41) is 3.61. The molecule has 1 saturated carbocycles. The van der Waals surface area contributed by atoms with Crippen molar-refractivity contribution in [3.8, 4) is 0 Å². The number of allylic oxidation sites excluding steroid dienone is 1. The fraction of sp³-hybridized carbons (Fsp3) is 0.467. The van der Waals surface area contributed by atoms with Gasteiger partial charge in [-0.25, -0.2) is 4.39 Å². The second-order valence-electron chi connectivity index (χ2n) is 5.29. The number of halogens is 1. The monoisotopic (exact) mass is 231 g/mol. The Morgan fingerprint density at radius 3 is 3.06 bits per heavy atom. The van der Waals surface area contributed by atoms with Crippen LogP contribution >= 0.6 is 0 Å². The SMILES string of the molecule is C[C@H](NC1CC2CC=CC21)c1cccc(F)c1. The second-order valence-corrected chi connectivity index (χ2v) is 5.29. The van der Waals surface area contributed by atoms with Crippen molar-refractivity contribution >= 4 is 0 Å². The molecule has 0 radical (unpaired) electrons. The molecule has 0 bridgehead atoms. The standard InChI is InChI=1S/C15H18FN/c1-10(11-4-2-6-13(16)8-11)17-15-9-12-5-3-7-14(12)15/h2-4,6-8,10,12,14-15,17H,5,9H2,1H3/t10-,12?,14?,15?/m0/s1. The highest BCUT2D eigenvalue weighted by Gasteiger charge is 2.41. The van der Waals surface area contributed by atoms with Crippen molar-refractivity contribution in [2.24, 2.45) is 11.8 Å². The number of nitrogens with one attached hydrogen (secondary N) is 1. The molecule has 0 amide bonds. The lowest BCUT2D eigenvalue weighted by Crippen LogP contribution is -2.48. The van der Waals surface area contributed by atoms with Gasteiger partial charge >= 0.3 is 0 Å². The highest BCUT2D eigenvalue weighted by atomic mass is 19.1. The van der Waals surface area contributed by atoms with E-state index in [4.69, 9.17) is 0 Å². The van der Waals surface area contributed by atoms with E-state index in [-0.39, 0.29) is 11.9 Å². The van der Waals surface area contributed by atoms with Crippen LogP contribution in [0.5, 0.6) is 0 Å². The van der Waals surface area contributed by atoms with Crippen LogP contribution in [0.25, 0.3) is 0 Å². The molecule has 1 N–H and O–H groups in total. The van der Waals surface area contributed by atoms with E-state index >= 15 is 0 Å². The Hall–Kier alpha value is -1.15. The van der Waals surface area contributed by atoms with Gasteiger partial charge in [-0.05, 0) is 49.3 Å². The summed E-state index contributed by atoms with van der Waals surface area (Å²) in [6.07, 6.45) is 7.14. The van der Waals surface area contributed by atoms with Gasteiger partial charge in [0, 0.05) is 12.1 Å². The van der Waals surface area contributed by atoms with Crippen LogP contribution in [0, 0.1) is 17.7 Å². The minimum atomic E-state index is -0.150. The Labute approximate surface area is 102 Å². The molecule has 1 nitrogen and oxygen atoms in total. The molecule has 4 atom stereocenters. The summed E-state index contributed by atoms with van der Waals surface area (Å²) < 4.78 is 13.1. The van der Waals surface area contributed by atoms with Crippen LogP contribution in [0.4, 0.5) is 4.39 Å². The van der Waals surface area contributed by atoms with Crippen molar-refractivity contribution in [1.29, 1.82) is 0 Å². The van der Waals surface area contributed by atoms with E-state index in [1.54, 1.807) is 12.1 Å². The lowest BCUT2D eigenvalue weighted by Gasteiger charge is -2.42. The topological polar surface area (TPSA) is 12.0 Å². The minimum Gasteiger partial charge on any atom is -0.307 e. The van der Waals surface area contributed by atoms with Crippen LogP contribution in [0.1, 0.15) is 31.4 Å². The van der Waals surface area contributed by atoms with Gasteiger partial charge in [0.05, 0.1) is 0 Å². The fourth-order valence-corrected chi connectivity index (χ4v) is 3.10.